The van der Waals surface area contributed by atoms with Crippen LogP contribution in [0.25, 0.3) is 22.2 Å². The lowest BCUT2D eigenvalue weighted by Crippen LogP contribution is -2.01. The predicted molar refractivity (Wildman–Crippen MR) is 90.1 cm³/mol. The number of rotatable bonds is 2. The van der Waals surface area contributed by atoms with E-state index in [-0.39, 0.29) is 0 Å². The molecule has 0 fully saturated rings. The molecule has 1 aromatic carbocycles. The van der Waals surface area contributed by atoms with Gasteiger partial charge in [0.2, 0.25) is 0 Å². The van der Waals surface area contributed by atoms with Crippen LogP contribution in [0.15, 0.2) is 30.5 Å². The molecule has 112 valence electrons. The molecule has 0 aliphatic heterocycles. The van der Waals surface area contributed by atoms with Crippen molar-refractivity contribution in [3.05, 3.63) is 47.3 Å². The molecule has 0 bridgehead atoms. The summed E-state index contributed by atoms with van der Waals surface area (Å²) in [5, 5.41) is 10.3. The second-order valence-electron chi connectivity index (χ2n) is 6.53. The predicted octanol–water partition coefficient (Wildman–Crippen LogP) is 4.63. The van der Waals surface area contributed by atoms with Crippen molar-refractivity contribution in [3.8, 4) is 11.4 Å². The van der Waals surface area contributed by atoms with Crippen LogP contribution >= 0.6 is 0 Å². The minimum absolute atomic E-state index is 0.507. The number of aromatic nitrogens is 3. The van der Waals surface area contributed by atoms with Gasteiger partial charge in [-0.25, -0.2) is 0 Å². The third-order valence-electron chi connectivity index (χ3n) is 4.72. The van der Waals surface area contributed by atoms with Crippen molar-refractivity contribution >= 4 is 10.8 Å². The standard InChI is InChI=1S/C19H21N3/c1-12(2)14-8-5-6-13-11-20-18(10-16(13)14)19-15-7-3-4-9-17(15)21-22-19/h5-6,8,10-12H,3-4,7,9H2,1-2H3,(H,21,22). The average molecular weight is 291 g/mol. The fourth-order valence-corrected chi connectivity index (χ4v) is 3.52. The molecule has 1 N–H and O–H groups in total. The van der Waals surface area contributed by atoms with Crippen LogP contribution < -0.4 is 0 Å². The van der Waals surface area contributed by atoms with E-state index in [9.17, 15) is 0 Å². The van der Waals surface area contributed by atoms with Crippen LogP contribution in [0.2, 0.25) is 0 Å². The first-order valence-corrected chi connectivity index (χ1v) is 8.19. The highest BCUT2D eigenvalue weighted by molar-refractivity contribution is 5.88. The summed E-state index contributed by atoms with van der Waals surface area (Å²) in [4.78, 5) is 4.68. The summed E-state index contributed by atoms with van der Waals surface area (Å²) in [6.07, 6.45) is 6.74. The largest absolute Gasteiger partial charge is 0.282 e. The number of H-pyrrole nitrogens is 1. The molecule has 3 heteroatoms. The van der Waals surface area contributed by atoms with Crippen molar-refractivity contribution in [3.63, 3.8) is 0 Å². The lowest BCUT2D eigenvalue weighted by molar-refractivity contribution is 0.675. The maximum Gasteiger partial charge on any atom is 0.114 e. The monoisotopic (exact) mass is 291 g/mol. The van der Waals surface area contributed by atoms with Crippen molar-refractivity contribution in [1.82, 2.24) is 15.2 Å². The van der Waals surface area contributed by atoms with Crippen LogP contribution in [-0.2, 0) is 12.8 Å². The second-order valence-corrected chi connectivity index (χ2v) is 6.53. The van der Waals surface area contributed by atoms with E-state index in [0.29, 0.717) is 5.92 Å². The van der Waals surface area contributed by atoms with Crippen LogP contribution in [-0.4, -0.2) is 15.2 Å². The maximum absolute atomic E-state index is 4.68. The molecule has 0 radical (unpaired) electrons. The smallest absolute Gasteiger partial charge is 0.114 e. The Bertz CT molecular complexity index is 830. The highest BCUT2D eigenvalue weighted by atomic mass is 15.1. The van der Waals surface area contributed by atoms with E-state index in [1.54, 1.807) is 0 Å². The number of benzene rings is 1. The number of nitrogens with zero attached hydrogens (tertiary/aromatic N) is 2. The topological polar surface area (TPSA) is 41.6 Å². The molecule has 0 spiro atoms. The number of aromatic amines is 1. The van der Waals surface area contributed by atoms with E-state index >= 15 is 0 Å². The summed E-state index contributed by atoms with van der Waals surface area (Å²) in [6.45, 7) is 4.48. The molecule has 3 nitrogen and oxygen atoms in total. The van der Waals surface area contributed by atoms with E-state index in [4.69, 9.17) is 0 Å². The Balaban J connectivity index is 1.89. The summed E-state index contributed by atoms with van der Waals surface area (Å²) in [7, 11) is 0. The van der Waals surface area contributed by atoms with Gasteiger partial charge in [-0.2, -0.15) is 5.10 Å². The number of hydrogen-bond donors (Lipinski definition) is 1. The fourth-order valence-electron chi connectivity index (χ4n) is 3.52. The highest BCUT2D eigenvalue weighted by Crippen LogP contribution is 2.32. The number of hydrogen-bond acceptors (Lipinski definition) is 2. The molecule has 2 heterocycles. The third kappa shape index (κ3) is 2.12. The molecule has 3 aromatic rings. The molecule has 22 heavy (non-hydrogen) atoms. The van der Waals surface area contributed by atoms with Gasteiger partial charge in [0.1, 0.15) is 5.69 Å². The van der Waals surface area contributed by atoms with Crippen LogP contribution in [0.3, 0.4) is 0 Å². The van der Waals surface area contributed by atoms with Gasteiger partial charge in [-0.15, -0.1) is 0 Å². The normalized spacial score (nSPS) is 14.5. The molecular formula is C19H21N3. The Hall–Kier alpha value is -2.16. The molecule has 2 aromatic heterocycles. The number of aryl methyl sites for hydroxylation is 1. The minimum atomic E-state index is 0.507. The SMILES string of the molecule is CC(C)c1cccc2cnc(-c3n[nH]c4c3CCCC4)cc12. The Morgan fingerprint density at radius 3 is 2.86 bits per heavy atom. The van der Waals surface area contributed by atoms with Gasteiger partial charge in [-0.05, 0) is 48.6 Å². The lowest BCUT2D eigenvalue weighted by atomic mass is 9.93. The quantitative estimate of drug-likeness (QED) is 0.748. The molecule has 0 saturated heterocycles. The summed E-state index contributed by atoms with van der Waals surface area (Å²) in [5.74, 6) is 0.507. The van der Waals surface area contributed by atoms with Crippen molar-refractivity contribution in [1.29, 1.82) is 0 Å². The van der Waals surface area contributed by atoms with Gasteiger partial charge in [0.15, 0.2) is 0 Å². The van der Waals surface area contributed by atoms with Gasteiger partial charge in [-0.3, -0.25) is 10.1 Å². The van der Waals surface area contributed by atoms with E-state index in [2.05, 4.69) is 53.3 Å². The van der Waals surface area contributed by atoms with Crippen molar-refractivity contribution < 1.29 is 0 Å². The Morgan fingerprint density at radius 2 is 2.00 bits per heavy atom. The van der Waals surface area contributed by atoms with Crippen molar-refractivity contribution in [2.45, 2.75) is 45.4 Å². The van der Waals surface area contributed by atoms with E-state index in [1.165, 1.54) is 40.4 Å². The minimum Gasteiger partial charge on any atom is -0.282 e. The molecular weight excluding hydrogens is 270 g/mol. The lowest BCUT2D eigenvalue weighted by Gasteiger charge is -2.12. The zero-order chi connectivity index (χ0) is 15.1. The number of nitrogens with one attached hydrogen (secondary N) is 1. The van der Waals surface area contributed by atoms with Gasteiger partial charge in [0.05, 0.1) is 5.69 Å². The van der Waals surface area contributed by atoms with Crippen molar-refractivity contribution in [2.24, 2.45) is 0 Å². The molecule has 0 unspecified atom stereocenters. The molecule has 0 amide bonds. The molecule has 0 atom stereocenters. The summed E-state index contributed by atoms with van der Waals surface area (Å²) in [5.41, 5.74) is 6.11. The zero-order valence-electron chi connectivity index (χ0n) is 13.2. The van der Waals surface area contributed by atoms with Crippen LogP contribution in [0.4, 0.5) is 0 Å². The van der Waals surface area contributed by atoms with Crippen LogP contribution in [0.5, 0.6) is 0 Å². The maximum atomic E-state index is 4.68. The molecule has 0 saturated carbocycles. The Kier molecular flexibility index (Phi) is 3.21. The van der Waals surface area contributed by atoms with Crippen LogP contribution in [0, 0.1) is 0 Å². The van der Waals surface area contributed by atoms with E-state index < -0.39 is 0 Å². The second kappa shape index (κ2) is 5.24. The summed E-state index contributed by atoms with van der Waals surface area (Å²) in [6, 6.07) is 8.69. The third-order valence-corrected chi connectivity index (χ3v) is 4.72. The highest BCUT2D eigenvalue weighted by Gasteiger charge is 2.19. The number of pyridine rings is 1. The van der Waals surface area contributed by atoms with E-state index in [1.807, 2.05) is 6.20 Å². The molecule has 1 aliphatic carbocycles. The van der Waals surface area contributed by atoms with Gasteiger partial charge in [0.25, 0.3) is 0 Å². The van der Waals surface area contributed by atoms with E-state index in [0.717, 1.165) is 24.2 Å². The number of fused-ring (bicyclic) bond motifs is 2. The summed E-state index contributed by atoms with van der Waals surface area (Å²) >= 11 is 0. The molecule has 4 rings (SSSR count). The van der Waals surface area contributed by atoms with Gasteiger partial charge in [-0.1, -0.05) is 32.0 Å². The average Bonchev–Trinajstić information content (AvgIpc) is 2.97. The Morgan fingerprint density at radius 1 is 1.14 bits per heavy atom. The van der Waals surface area contributed by atoms with Gasteiger partial charge >= 0.3 is 0 Å². The van der Waals surface area contributed by atoms with Gasteiger partial charge < -0.3 is 0 Å². The first-order valence-electron chi connectivity index (χ1n) is 8.19. The summed E-state index contributed by atoms with van der Waals surface area (Å²) < 4.78 is 0. The fraction of sp³-hybridized carbons (Fsp3) is 0.368. The van der Waals surface area contributed by atoms with Gasteiger partial charge in [0, 0.05) is 22.8 Å². The Labute approximate surface area is 130 Å². The first kappa shape index (κ1) is 13.5. The zero-order valence-corrected chi connectivity index (χ0v) is 13.2. The molecule has 1 aliphatic rings. The van der Waals surface area contributed by atoms with Crippen molar-refractivity contribution in [2.75, 3.05) is 0 Å². The first-order chi connectivity index (χ1) is 10.7. The van der Waals surface area contributed by atoms with Crippen LogP contribution in [0.1, 0.15) is 49.4 Å².